The van der Waals surface area contributed by atoms with Gasteiger partial charge in [-0.3, -0.25) is 9.69 Å². The monoisotopic (exact) mass is 524 g/mol. The van der Waals surface area contributed by atoms with Gasteiger partial charge in [-0.1, -0.05) is 0 Å². The standard InChI is InChI=1S/C27H33FN6O4/c1-4-37-26(35)14-32-6-5-20(22(28)13-32)21-9-23-17(7-16(21)2)11-29-34(23)25-10-24(30-27(31-25)36-3)33-12-19-8-18(33)15-38-19/h7,9-11,18-20,22H,4-6,8,12-15H2,1-3H3/t18-,19-,20?,22?/m0/s1. The maximum atomic E-state index is 15.5. The fourth-order valence-electron chi connectivity index (χ4n) is 6.06. The summed E-state index contributed by atoms with van der Waals surface area (Å²) in [6, 6.07) is 6.60. The third kappa shape index (κ3) is 4.58. The van der Waals surface area contributed by atoms with Gasteiger partial charge in [-0.25, -0.2) is 9.07 Å². The molecule has 11 heteroatoms. The van der Waals surface area contributed by atoms with Crippen LogP contribution in [0.2, 0.25) is 0 Å². The van der Waals surface area contributed by atoms with E-state index >= 15 is 4.39 Å². The molecule has 0 saturated carbocycles. The molecule has 4 atom stereocenters. The Labute approximate surface area is 220 Å². The van der Waals surface area contributed by atoms with Crippen LogP contribution in [0, 0.1) is 6.92 Å². The molecule has 2 aromatic heterocycles. The molecule has 0 amide bonds. The van der Waals surface area contributed by atoms with Crippen molar-refractivity contribution in [3.8, 4) is 11.8 Å². The highest BCUT2D eigenvalue weighted by atomic mass is 19.1. The van der Waals surface area contributed by atoms with Crippen molar-refractivity contribution < 1.29 is 23.4 Å². The Bertz CT molecular complexity index is 1350. The number of methoxy groups -OCH3 is 1. The molecule has 0 radical (unpaired) electrons. The average Bonchev–Trinajstić information content (AvgIpc) is 3.64. The van der Waals surface area contributed by atoms with E-state index in [1.165, 1.54) is 0 Å². The van der Waals surface area contributed by atoms with Gasteiger partial charge in [0.2, 0.25) is 0 Å². The van der Waals surface area contributed by atoms with Crippen LogP contribution in [0.25, 0.3) is 16.7 Å². The average molecular weight is 525 g/mol. The molecule has 3 aliphatic heterocycles. The van der Waals surface area contributed by atoms with Gasteiger partial charge >= 0.3 is 12.0 Å². The van der Waals surface area contributed by atoms with Crippen LogP contribution in [0.3, 0.4) is 0 Å². The molecule has 0 N–H and O–H groups in total. The van der Waals surface area contributed by atoms with Crippen molar-refractivity contribution in [1.82, 2.24) is 24.6 Å². The number of hydrogen-bond donors (Lipinski definition) is 0. The summed E-state index contributed by atoms with van der Waals surface area (Å²) in [4.78, 5) is 25.2. The SMILES string of the molecule is CCOC(=O)CN1CCC(c2cc3c(cnn3-c3cc(N4C[C@@H]5C[C@H]4CO5)nc(OC)n3)cc2C)C(F)C1. The third-order valence-corrected chi connectivity index (χ3v) is 7.91. The second kappa shape index (κ2) is 10.1. The summed E-state index contributed by atoms with van der Waals surface area (Å²) in [5.41, 5.74) is 2.83. The minimum atomic E-state index is -1.09. The maximum absolute atomic E-state index is 15.5. The zero-order valence-electron chi connectivity index (χ0n) is 22.0. The lowest BCUT2D eigenvalue weighted by atomic mass is 9.85. The summed E-state index contributed by atoms with van der Waals surface area (Å²) >= 11 is 0. The van der Waals surface area contributed by atoms with Gasteiger partial charge in [0.15, 0.2) is 5.82 Å². The molecular weight excluding hydrogens is 491 g/mol. The molecule has 38 heavy (non-hydrogen) atoms. The van der Waals surface area contributed by atoms with Gasteiger partial charge in [-0.05, 0) is 56.5 Å². The number of esters is 1. The molecule has 2 unspecified atom stereocenters. The number of piperidine rings is 1. The number of carbonyl (C=O) groups is 1. The number of aryl methyl sites for hydroxylation is 1. The topological polar surface area (TPSA) is 94.8 Å². The number of ether oxygens (including phenoxy) is 3. The molecule has 202 valence electrons. The van der Waals surface area contributed by atoms with E-state index in [1.807, 2.05) is 24.0 Å². The Morgan fingerprint density at radius 2 is 2.05 bits per heavy atom. The Balaban J connectivity index is 1.30. The highest BCUT2D eigenvalue weighted by Gasteiger charge is 2.40. The minimum absolute atomic E-state index is 0.119. The van der Waals surface area contributed by atoms with Crippen LogP contribution in [-0.4, -0.2) is 95.4 Å². The smallest absolute Gasteiger partial charge is 0.320 e. The predicted molar refractivity (Wildman–Crippen MR) is 139 cm³/mol. The second-order valence-corrected chi connectivity index (χ2v) is 10.3. The van der Waals surface area contributed by atoms with Crippen molar-refractivity contribution in [1.29, 1.82) is 0 Å². The lowest BCUT2D eigenvalue weighted by molar-refractivity contribution is -0.145. The van der Waals surface area contributed by atoms with E-state index in [0.29, 0.717) is 38.0 Å². The molecule has 5 heterocycles. The second-order valence-electron chi connectivity index (χ2n) is 10.3. The van der Waals surface area contributed by atoms with Crippen molar-refractivity contribution in [3.05, 3.63) is 35.5 Å². The number of rotatable bonds is 7. The largest absolute Gasteiger partial charge is 0.467 e. The first kappa shape index (κ1) is 25.0. The fraction of sp³-hybridized carbons (Fsp3) is 0.556. The predicted octanol–water partition coefficient (Wildman–Crippen LogP) is 2.80. The van der Waals surface area contributed by atoms with Crippen LogP contribution in [0.1, 0.15) is 36.8 Å². The maximum Gasteiger partial charge on any atom is 0.320 e. The zero-order valence-corrected chi connectivity index (χ0v) is 22.0. The van der Waals surface area contributed by atoms with Gasteiger partial charge in [0.25, 0.3) is 0 Å². The van der Waals surface area contributed by atoms with E-state index in [2.05, 4.69) is 26.0 Å². The van der Waals surface area contributed by atoms with Crippen LogP contribution in [-0.2, 0) is 14.3 Å². The van der Waals surface area contributed by atoms with E-state index in [9.17, 15) is 4.79 Å². The van der Waals surface area contributed by atoms with Crippen LogP contribution in [0.4, 0.5) is 10.2 Å². The summed E-state index contributed by atoms with van der Waals surface area (Å²) in [6.07, 6.45) is 2.56. The molecular formula is C27H33FN6O4. The van der Waals surface area contributed by atoms with Crippen molar-refractivity contribution in [3.63, 3.8) is 0 Å². The van der Waals surface area contributed by atoms with Crippen LogP contribution in [0.5, 0.6) is 6.01 Å². The summed E-state index contributed by atoms with van der Waals surface area (Å²) in [5.74, 6) is 0.809. The molecule has 6 rings (SSSR count). The van der Waals surface area contributed by atoms with Crippen LogP contribution >= 0.6 is 0 Å². The number of benzene rings is 1. The number of fused-ring (bicyclic) bond motifs is 3. The van der Waals surface area contributed by atoms with E-state index in [4.69, 9.17) is 14.2 Å². The van der Waals surface area contributed by atoms with E-state index in [-0.39, 0.29) is 37.1 Å². The molecule has 3 aliphatic rings. The number of aromatic nitrogens is 4. The molecule has 3 saturated heterocycles. The molecule has 0 spiro atoms. The van der Waals surface area contributed by atoms with E-state index < -0.39 is 6.17 Å². The Kier molecular flexibility index (Phi) is 6.65. The molecule has 3 fully saturated rings. The Hall–Kier alpha value is -3.31. The third-order valence-electron chi connectivity index (χ3n) is 7.91. The Morgan fingerprint density at radius 1 is 1.21 bits per heavy atom. The highest BCUT2D eigenvalue weighted by molar-refractivity contribution is 5.82. The number of hydrogen-bond acceptors (Lipinski definition) is 9. The summed E-state index contributed by atoms with van der Waals surface area (Å²) < 4.78 is 33.5. The van der Waals surface area contributed by atoms with Crippen molar-refractivity contribution in [2.24, 2.45) is 0 Å². The van der Waals surface area contributed by atoms with Gasteiger partial charge in [0.1, 0.15) is 12.0 Å². The summed E-state index contributed by atoms with van der Waals surface area (Å²) in [5, 5.41) is 5.59. The molecule has 10 nitrogen and oxygen atoms in total. The lowest BCUT2D eigenvalue weighted by Crippen LogP contribution is -2.43. The van der Waals surface area contributed by atoms with Crippen molar-refractivity contribution in [2.45, 2.75) is 50.9 Å². The Morgan fingerprint density at radius 3 is 2.76 bits per heavy atom. The number of carbonyl (C=O) groups excluding carboxylic acids is 1. The molecule has 0 aliphatic carbocycles. The first-order chi connectivity index (χ1) is 18.4. The number of halogens is 1. The first-order valence-electron chi connectivity index (χ1n) is 13.3. The van der Waals surface area contributed by atoms with Crippen molar-refractivity contribution in [2.75, 3.05) is 51.4 Å². The number of nitrogens with zero attached hydrogens (tertiary/aromatic N) is 6. The van der Waals surface area contributed by atoms with Gasteiger partial charge in [0, 0.05) is 30.5 Å². The number of likely N-dealkylation sites (tertiary alicyclic amines) is 1. The fourth-order valence-corrected chi connectivity index (χ4v) is 6.06. The molecule has 2 bridgehead atoms. The first-order valence-corrected chi connectivity index (χ1v) is 13.3. The quantitative estimate of drug-likeness (QED) is 0.433. The normalized spacial score (nSPS) is 25.3. The summed E-state index contributed by atoms with van der Waals surface area (Å²) in [6.45, 7) is 6.56. The van der Waals surface area contributed by atoms with Gasteiger partial charge in [-0.15, -0.1) is 0 Å². The number of anilines is 1. The molecule has 3 aromatic rings. The highest BCUT2D eigenvalue weighted by Crippen LogP contribution is 2.36. The molecule has 1 aromatic carbocycles. The van der Waals surface area contributed by atoms with E-state index in [1.54, 1.807) is 24.9 Å². The van der Waals surface area contributed by atoms with Crippen molar-refractivity contribution >= 4 is 22.7 Å². The van der Waals surface area contributed by atoms with Crippen LogP contribution < -0.4 is 9.64 Å². The minimum Gasteiger partial charge on any atom is -0.467 e. The zero-order chi connectivity index (χ0) is 26.4. The summed E-state index contributed by atoms with van der Waals surface area (Å²) in [7, 11) is 1.56. The van der Waals surface area contributed by atoms with E-state index in [0.717, 1.165) is 40.8 Å². The van der Waals surface area contributed by atoms with Gasteiger partial charge in [0.05, 0.1) is 50.7 Å². The number of alkyl halides is 1. The lowest BCUT2D eigenvalue weighted by Gasteiger charge is -2.35. The van der Waals surface area contributed by atoms with Crippen LogP contribution in [0.15, 0.2) is 24.4 Å². The van der Waals surface area contributed by atoms with Gasteiger partial charge in [-0.2, -0.15) is 15.1 Å². The van der Waals surface area contributed by atoms with Gasteiger partial charge < -0.3 is 19.1 Å². The number of morpholine rings is 1.